The van der Waals surface area contributed by atoms with E-state index in [-0.39, 0.29) is 42.2 Å². The van der Waals surface area contributed by atoms with Gasteiger partial charge in [0.05, 0.1) is 18.5 Å². The topological polar surface area (TPSA) is 95.5 Å². The van der Waals surface area contributed by atoms with Gasteiger partial charge < -0.3 is 9.80 Å². The lowest BCUT2D eigenvalue weighted by atomic mass is 9.72. The monoisotopic (exact) mass is 397 g/mol. The number of anilines is 1. The summed E-state index contributed by atoms with van der Waals surface area (Å²) in [5.74, 6) is 0.218. The normalized spacial score (nSPS) is 31.0. The fourth-order valence-corrected chi connectivity index (χ4v) is 5.46. The number of hydrogen-bond donors (Lipinski definition) is 1. The van der Waals surface area contributed by atoms with E-state index >= 15 is 0 Å². The molecule has 148 valence electrons. The van der Waals surface area contributed by atoms with Crippen LogP contribution >= 0.6 is 0 Å². The summed E-state index contributed by atoms with van der Waals surface area (Å²) in [6.45, 7) is 1.38. The molecule has 0 saturated carbocycles. The Labute approximate surface area is 158 Å². The van der Waals surface area contributed by atoms with Gasteiger partial charge in [-0.25, -0.2) is 27.5 Å². The first-order valence-electron chi connectivity index (χ1n) is 9.30. The maximum absolute atomic E-state index is 14.2. The predicted octanol–water partition coefficient (Wildman–Crippen LogP) is 0.371. The summed E-state index contributed by atoms with van der Waals surface area (Å²) in [5, 5.41) is 0. The van der Waals surface area contributed by atoms with Crippen molar-refractivity contribution in [3.8, 4) is 0 Å². The van der Waals surface area contributed by atoms with Crippen molar-refractivity contribution in [2.24, 2.45) is 11.8 Å². The highest BCUT2D eigenvalue weighted by Gasteiger charge is 2.49. The Morgan fingerprint density at radius 2 is 2.11 bits per heavy atom. The van der Waals surface area contributed by atoms with Gasteiger partial charge in [-0.2, -0.15) is 0 Å². The van der Waals surface area contributed by atoms with Crippen LogP contribution in [0.25, 0.3) is 0 Å². The summed E-state index contributed by atoms with van der Waals surface area (Å²) in [7, 11) is -3.36. The largest absolute Gasteiger partial charge is 0.353 e. The Balaban J connectivity index is 1.64. The fourth-order valence-electron chi connectivity index (χ4n) is 4.99. The number of sulfonamides is 1. The van der Waals surface area contributed by atoms with Gasteiger partial charge >= 0.3 is 0 Å². The van der Waals surface area contributed by atoms with Gasteiger partial charge in [0.2, 0.25) is 15.9 Å². The van der Waals surface area contributed by atoms with Crippen molar-refractivity contribution in [2.45, 2.75) is 37.8 Å². The lowest BCUT2D eigenvalue weighted by molar-refractivity contribution is -0.148. The van der Waals surface area contributed by atoms with E-state index in [4.69, 9.17) is 0 Å². The molecule has 0 radical (unpaired) electrons. The quantitative estimate of drug-likeness (QED) is 0.789. The van der Waals surface area contributed by atoms with Crippen molar-refractivity contribution in [3.05, 3.63) is 18.3 Å². The number of piperidine rings is 3. The highest BCUT2D eigenvalue weighted by atomic mass is 32.2. The Hall–Kier alpha value is -1.81. The molecule has 0 unspecified atom stereocenters. The first-order chi connectivity index (χ1) is 12.8. The summed E-state index contributed by atoms with van der Waals surface area (Å²) in [5.41, 5.74) is 0. The van der Waals surface area contributed by atoms with Gasteiger partial charge in [0.25, 0.3) is 0 Å². The minimum atomic E-state index is -3.36. The van der Waals surface area contributed by atoms with E-state index in [1.165, 1.54) is 6.33 Å². The smallest absolute Gasteiger partial charge is 0.223 e. The van der Waals surface area contributed by atoms with Gasteiger partial charge in [0, 0.05) is 32.1 Å². The van der Waals surface area contributed by atoms with E-state index in [0.29, 0.717) is 19.5 Å². The Bertz CT molecular complexity index is 836. The first-order valence-corrected chi connectivity index (χ1v) is 11.2. The highest BCUT2D eigenvalue weighted by Crippen LogP contribution is 2.42. The Morgan fingerprint density at radius 3 is 2.85 bits per heavy atom. The molecule has 27 heavy (non-hydrogen) atoms. The van der Waals surface area contributed by atoms with Gasteiger partial charge in [0.1, 0.15) is 6.33 Å². The molecule has 3 aliphatic rings. The van der Waals surface area contributed by atoms with Crippen molar-refractivity contribution in [2.75, 3.05) is 30.8 Å². The zero-order valence-electron chi connectivity index (χ0n) is 15.2. The predicted molar refractivity (Wildman–Crippen MR) is 96.9 cm³/mol. The molecule has 8 nitrogen and oxygen atoms in total. The maximum Gasteiger partial charge on any atom is 0.223 e. The van der Waals surface area contributed by atoms with E-state index in [9.17, 15) is 17.6 Å². The Morgan fingerprint density at radius 1 is 1.33 bits per heavy atom. The maximum atomic E-state index is 14.2. The van der Waals surface area contributed by atoms with Gasteiger partial charge in [0.15, 0.2) is 11.6 Å². The molecular formula is C17H24FN5O3S. The fraction of sp³-hybridized carbons (Fsp3) is 0.706. The number of carbonyl (C=O) groups is 1. The van der Waals surface area contributed by atoms with Crippen LogP contribution < -0.4 is 9.62 Å². The molecule has 3 fully saturated rings. The molecule has 1 aromatic rings. The third-order valence-electron chi connectivity index (χ3n) is 6.00. The van der Waals surface area contributed by atoms with Gasteiger partial charge in [-0.1, -0.05) is 0 Å². The second-order valence-corrected chi connectivity index (χ2v) is 9.64. The van der Waals surface area contributed by atoms with Crippen molar-refractivity contribution >= 4 is 21.7 Å². The summed E-state index contributed by atoms with van der Waals surface area (Å²) in [6, 6.07) is -0.150. The van der Waals surface area contributed by atoms with Crippen LogP contribution in [-0.4, -0.2) is 67.2 Å². The lowest BCUT2D eigenvalue weighted by Crippen LogP contribution is -2.67. The Kier molecular flexibility index (Phi) is 4.79. The van der Waals surface area contributed by atoms with E-state index < -0.39 is 15.8 Å². The van der Waals surface area contributed by atoms with Crippen LogP contribution in [0.2, 0.25) is 0 Å². The number of aromatic nitrogens is 2. The summed E-state index contributed by atoms with van der Waals surface area (Å²) < 4.78 is 40.1. The average molecular weight is 397 g/mol. The van der Waals surface area contributed by atoms with Crippen LogP contribution in [0.3, 0.4) is 0 Å². The van der Waals surface area contributed by atoms with Crippen molar-refractivity contribution in [3.63, 3.8) is 0 Å². The number of halogens is 1. The molecular weight excluding hydrogens is 373 g/mol. The lowest BCUT2D eigenvalue weighted by Gasteiger charge is -2.56. The SMILES string of the molecule is CS(=O)(=O)NC[C@H]1[C@H]2C[C@H](CN(c3ncncc3F)C2)[C@@H]2CCCC(=O)N21. The van der Waals surface area contributed by atoms with Crippen LogP contribution in [-0.2, 0) is 14.8 Å². The number of fused-ring (bicyclic) bond motifs is 4. The van der Waals surface area contributed by atoms with Gasteiger partial charge in [-0.3, -0.25) is 4.79 Å². The molecule has 3 aliphatic heterocycles. The van der Waals surface area contributed by atoms with Crippen LogP contribution in [0, 0.1) is 17.7 Å². The number of rotatable bonds is 4. The van der Waals surface area contributed by atoms with Crippen LogP contribution in [0.4, 0.5) is 10.2 Å². The summed E-state index contributed by atoms with van der Waals surface area (Å²) in [4.78, 5) is 24.3. The zero-order chi connectivity index (χ0) is 19.2. The molecule has 1 N–H and O–H groups in total. The molecule has 0 aromatic carbocycles. The number of hydrogen-bond acceptors (Lipinski definition) is 6. The van der Waals surface area contributed by atoms with Crippen molar-refractivity contribution < 1.29 is 17.6 Å². The minimum absolute atomic E-state index is 0.0608. The zero-order valence-corrected chi connectivity index (χ0v) is 16.0. The summed E-state index contributed by atoms with van der Waals surface area (Å²) in [6.07, 6.45) is 6.78. The van der Waals surface area contributed by atoms with Crippen LogP contribution in [0.1, 0.15) is 25.7 Å². The van der Waals surface area contributed by atoms with Gasteiger partial charge in [-0.05, 0) is 31.1 Å². The number of amides is 1. The average Bonchev–Trinajstić information content (AvgIpc) is 2.61. The van der Waals surface area contributed by atoms with E-state index in [2.05, 4.69) is 14.7 Å². The number of nitrogens with zero attached hydrogens (tertiary/aromatic N) is 4. The third kappa shape index (κ3) is 3.64. The molecule has 4 rings (SSSR count). The third-order valence-corrected chi connectivity index (χ3v) is 6.69. The number of nitrogens with one attached hydrogen (secondary N) is 1. The standard InChI is InChI=1S/C17H24FN5O3S/c1-27(25,26)21-7-15-12-5-11(14-3-2-4-16(24)23(14)15)8-22(9-12)17-13(18)6-19-10-20-17/h6,10-12,14-15,21H,2-5,7-9H2,1H3/t11-,12+,14+,15+/m1/s1. The van der Waals surface area contributed by atoms with Crippen LogP contribution in [0.5, 0.6) is 0 Å². The van der Waals surface area contributed by atoms with Gasteiger partial charge in [-0.15, -0.1) is 0 Å². The number of carbonyl (C=O) groups excluding carboxylic acids is 1. The highest BCUT2D eigenvalue weighted by molar-refractivity contribution is 7.88. The van der Waals surface area contributed by atoms with E-state index in [1.807, 2.05) is 9.80 Å². The molecule has 10 heteroatoms. The molecule has 4 heterocycles. The molecule has 0 spiro atoms. The molecule has 3 saturated heterocycles. The molecule has 2 bridgehead atoms. The van der Waals surface area contributed by atoms with Crippen LogP contribution in [0.15, 0.2) is 12.5 Å². The van der Waals surface area contributed by atoms with Crippen molar-refractivity contribution in [1.29, 1.82) is 0 Å². The molecule has 0 aliphatic carbocycles. The molecule has 1 amide bonds. The summed E-state index contributed by atoms with van der Waals surface area (Å²) >= 11 is 0. The molecule has 1 aromatic heterocycles. The first kappa shape index (κ1) is 18.5. The van der Waals surface area contributed by atoms with Crippen molar-refractivity contribution in [1.82, 2.24) is 19.6 Å². The second kappa shape index (κ2) is 6.97. The van der Waals surface area contributed by atoms with E-state index in [0.717, 1.165) is 31.7 Å². The minimum Gasteiger partial charge on any atom is -0.353 e. The molecule has 4 atom stereocenters. The second-order valence-electron chi connectivity index (χ2n) is 7.80. The van der Waals surface area contributed by atoms with E-state index in [1.54, 1.807) is 0 Å².